The van der Waals surface area contributed by atoms with E-state index in [0.717, 1.165) is 5.69 Å². The van der Waals surface area contributed by atoms with E-state index in [9.17, 15) is 0 Å². The van der Waals surface area contributed by atoms with E-state index in [1.807, 2.05) is 30.3 Å². The summed E-state index contributed by atoms with van der Waals surface area (Å²) < 4.78 is 0. The van der Waals surface area contributed by atoms with E-state index in [2.05, 4.69) is 0 Å². The SMILES string of the molecule is Nc1ccccc1.[H-].[H-].[Na+].[Na+]. The Morgan fingerprint density at radius 2 is 1.44 bits per heavy atom. The van der Waals surface area contributed by atoms with E-state index < -0.39 is 0 Å². The third-order valence-corrected chi connectivity index (χ3v) is 0.800. The predicted octanol–water partition coefficient (Wildman–Crippen LogP) is -4.50. The van der Waals surface area contributed by atoms with Crippen molar-refractivity contribution in [3.05, 3.63) is 30.3 Å². The monoisotopic (exact) mass is 141 g/mol. The number of nitrogen functional groups attached to an aromatic ring is 1. The number of para-hydroxylation sites is 1. The van der Waals surface area contributed by atoms with Gasteiger partial charge in [0.2, 0.25) is 0 Å². The van der Waals surface area contributed by atoms with E-state index in [4.69, 9.17) is 5.73 Å². The number of rotatable bonds is 0. The van der Waals surface area contributed by atoms with Crippen LogP contribution in [0.25, 0.3) is 0 Å². The maximum Gasteiger partial charge on any atom is 1.00 e. The summed E-state index contributed by atoms with van der Waals surface area (Å²) in [7, 11) is 0. The van der Waals surface area contributed by atoms with Crippen LogP contribution >= 0.6 is 0 Å². The van der Waals surface area contributed by atoms with E-state index in [1.165, 1.54) is 0 Å². The van der Waals surface area contributed by atoms with Crippen LogP contribution in [0.5, 0.6) is 0 Å². The van der Waals surface area contributed by atoms with Crippen molar-refractivity contribution in [1.82, 2.24) is 0 Å². The summed E-state index contributed by atoms with van der Waals surface area (Å²) in [4.78, 5) is 0. The van der Waals surface area contributed by atoms with Crippen molar-refractivity contribution in [2.45, 2.75) is 0 Å². The molecule has 3 heteroatoms. The Balaban J connectivity index is -0.0000000612. The van der Waals surface area contributed by atoms with Crippen LogP contribution < -0.4 is 64.8 Å². The molecule has 1 aromatic rings. The molecule has 1 nitrogen and oxygen atoms in total. The zero-order valence-electron chi connectivity index (χ0n) is 7.96. The van der Waals surface area contributed by atoms with Crippen molar-refractivity contribution in [2.24, 2.45) is 0 Å². The Morgan fingerprint density at radius 1 is 1.00 bits per heavy atom. The van der Waals surface area contributed by atoms with Gasteiger partial charge >= 0.3 is 59.1 Å². The standard InChI is InChI=1S/C6H7N.2Na.2H/c7-6-4-2-1-3-5-6;;;;/h1-5H,7H2;;;;/q;2*+1;2*-1. The molecular weight excluding hydrogens is 132 g/mol. The summed E-state index contributed by atoms with van der Waals surface area (Å²) in [5.41, 5.74) is 6.18. The Morgan fingerprint density at radius 3 is 1.67 bits per heavy atom. The second-order valence-electron chi connectivity index (χ2n) is 1.41. The predicted molar refractivity (Wildman–Crippen MR) is 33.1 cm³/mol. The quantitative estimate of drug-likeness (QED) is 0.286. The Bertz CT molecular complexity index is 149. The molecule has 0 atom stereocenters. The molecule has 0 unspecified atom stereocenters. The zero-order chi connectivity index (χ0) is 5.11. The van der Waals surface area contributed by atoms with Gasteiger partial charge < -0.3 is 8.59 Å². The number of anilines is 1. The molecule has 1 rings (SSSR count). The third-order valence-electron chi connectivity index (χ3n) is 0.800. The first-order valence-electron chi connectivity index (χ1n) is 2.20. The normalized spacial score (nSPS) is 6.67. The van der Waals surface area contributed by atoms with Crippen molar-refractivity contribution in [3.63, 3.8) is 0 Å². The molecule has 0 aliphatic heterocycles. The smallest absolute Gasteiger partial charge is 1.00 e. The van der Waals surface area contributed by atoms with Crippen LogP contribution in [0, 0.1) is 0 Å². The molecule has 0 saturated heterocycles. The molecule has 0 heterocycles. The Hall–Kier alpha value is 1.02. The number of hydrogen-bond donors (Lipinski definition) is 1. The molecule has 0 radical (unpaired) electrons. The van der Waals surface area contributed by atoms with Crippen LogP contribution in [0.1, 0.15) is 2.85 Å². The fourth-order valence-electron chi connectivity index (χ4n) is 0.453. The van der Waals surface area contributed by atoms with Gasteiger partial charge in [0.05, 0.1) is 0 Å². The molecule has 1 aromatic carbocycles. The number of nitrogens with two attached hydrogens (primary N) is 1. The molecule has 0 amide bonds. The first-order valence-corrected chi connectivity index (χ1v) is 2.20. The van der Waals surface area contributed by atoms with Gasteiger partial charge in [0.25, 0.3) is 0 Å². The molecule has 2 N–H and O–H groups in total. The summed E-state index contributed by atoms with van der Waals surface area (Å²) in [6, 6.07) is 9.49. The molecule has 40 valence electrons. The average Bonchev–Trinajstić information content (AvgIpc) is 1.69. The maximum absolute atomic E-state index is 5.36. The zero-order valence-corrected chi connectivity index (χ0v) is 9.96. The van der Waals surface area contributed by atoms with Crippen LogP contribution in [0.15, 0.2) is 30.3 Å². The van der Waals surface area contributed by atoms with Crippen LogP contribution in [0.2, 0.25) is 0 Å². The average molecular weight is 141 g/mol. The van der Waals surface area contributed by atoms with Crippen molar-refractivity contribution < 1.29 is 62.0 Å². The van der Waals surface area contributed by atoms with Gasteiger partial charge in [0, 0.05) is 5.69 Å². The summed E-state index contributed by atoms with van der Waals surface area (Å²) in [5.74, 6) is 0. The first-order chi connectivity index (χ1) is 3.39. The summed E-state index contributed by atoms with van der Waals surface area (Å²) in [6.45, 7) is 0. The van der Waals surface area contributed by atoms with E-state index >= 15 is 0 Å². The van der Waals surface area contributed by atoms with Gasteiger partial charge in [-0.3, -0.25) is 0 Å². The van der Waals surface area contributed by atoms with Gasteiger partial charge in [-0.05, 0) is 12.1 Å². The van der Waals surface area contributed by atoms with Crippen molar-refractivity contribution in [3.8, 4) is 0 Å². The summed E-state index contributed by atoms with van der Waals surface area (Å²) in [6.07, 6.45) is 0. The fraction of sp³-hybridized carbons (Fsp3) is 0. The summed E-state index contributed by atoms with van der Waals surface area (Å²) >= 11 is 0. The van der Waals surface area contributed by atoms with Crippen LogP contribution in [-0.2, 0) is 0 Å². The molecule has 9 heavy (non-hydrogen) atoms. The van der Waals surface area contributed by atoms with Crippen molar-refractivity contribution >= 4 is 5.69 Å². The van der Waals surface area contributed by atoms with Gasteiger partial charge in [-0.2, -0.15) is 0 Å². The van der Waals surface area contributed by atoms with Gasteiger partial charge in [0.1, 0.15) is 0 Å². The van der Waals surface area contributed by atoms with Crippen LogP contribution in [0.4, 0.5) is 5.69 Å². The molecule has 0 aromatic heterocycles. The fourth-order valence-corrected chi connectivity index (χ4v) is 0.453. The van der Waals surface area contributed by atoms with Gasteiger partial charge in [-0.1, -0.05) is 18.2 Å². The van der Waals surface area contributed by atoms with Crippen molar-refractivity contribution in [2.75, 3.05) is 5.73 Å². The molecule has 0 saturated carbocycles. The second kappa shape index (κ2) is 7.13. The molecule has 0 fully saturated rings. The minimum atomic E-state index is 0. The Labute approximate surface area is 103 Å². The van der Waals surface area contributed by atoms with Crippen LogP contribution in [-0.4, -0.2) is 0 Å². The van der Waals surface area contributed by atoms with Gasteiger partial charge in [-0.15, -0.1) is 0 Å². The third kappa shape index (κ3) is 5.46. The Kier molecular flexibility index (Phi) is 10.0. The van der Waals surface area contributed by atoms with E-state index in [-0.39, 0.29) is 62.0 Å². The minimum absolute atomic E-state index is 0. The van der Waals surface area contributed by atoms with Crippen molar-refractivity contribution in [1.29, 1.82) is 0 Å². The molecule has 0 spiro atoms. The molecule has 0 bridgehead atoms. The number of benzene rings is 1. The molecule has 0 aliphatic rings. The van der Waals surface area contributed by atoms with E-state index in [0.29, 0.717) is 0 Å². The second-order valence-corrected chi connectivity index (χ2v) is 1.41. The maximum atomic E-state index is 5.36. The molecular formula is C6H9NNa2. The van der Waals surface area contributed by atoms with Crippen LogP contribution in [0.3, 0.4) is 0 Å². The first kappa shape index (κ1) is 12.7. The van der Waals surface area contributed by atoms with Gasteiger partial charge in [-0.25, -0.2) is 0 Å². The summed E-state index contributed by atoms with van der Waals surface area (Å²) in [5, 5.41) is 0. The topological polar surface area (TPSA) is 26.0 Å². The molecule has 0 aliphatic carbocycles. The minimum Gasteiger partial charge on any atom is -1.00 e. The van der Waals surface area contributed by atoms with Gasteiger partial charge in [0.15, 0.2) is 0 Å². The number of hydrogen-bond acceptors (Lipinski definition) is 1. The largest absolute Gasteiger partial charge is 1.00 e. The van der Waals surface area contributed by atoms with E-state index in [1.54, 1.807) is 0 Å².